The van der Waals surface area contributed by atoms with Gasteiger partial charge in [-0.25, -0.2) is 9.37 Å². The van der Waals surface area contributed by atoms with Gasteiger partial charge in [0.15, 0.2) is 11.6 Å². The van der Waals surface area contributed by atoms with E-state index in [9.17, 15) is 9.18 Å². The summed E-state index contributed by atoms with van der Waals surface area (Å²) < 4.78 is 18.9. The average molecular weight is 272 g/mol. The highest BCUT2D eigenvalue weighted by molar-refractivity contribution is 6.03. The zero-order chi connectivity index (χ0) is 14.5. The average Bonchev–Trinajstić information content (AvgIpc) is 2.43. The molecule has 0 aliphatic rings. The molecule has 0 saturated carbocycles. The summed E-state index contributed by atoms with van der Waals surface area (Å²) in [5, 5.41) is 2.60. The van der Waals surface area contributed by atoms with E-state index in [-0.39, 0.29) is 17.5 Å². The van der Waals surface area contributed by atoms with Gasteiger partial charge in [-0.3, -0.25) is 4.79 Å². The molecule has 2 aromatic rings. The first-order valence-electron chi connectivity index (χ1n) is 5.92. The summed E-state index contributed by atoms with van der Waals surface area (Å²) in [7, 11) is 0. The fraction of sp³-hybridized carbons (Fsp3) is 0.0667. The number of nitrogens with one attached hydrogen (secondary N) is 1. The monoisotopic (exact) mass is 272 g/mol. The van der Waals surface area contributed by atoms with Crippen LogP contribution in [0.15, 0.2) is 54.7 Å². The van der Waals surface area contributed by atoms with Crippen LogP contribution in [0.1, 0.15) is 6.92 Å². The zero-order valence-corrected chi connectivity index (χ0v) is 10.9. The van der Waals surface area contributed by atoms with Crippen molar-refractivity contribution in [2.45, 2.75) is 6.92 Å². The molecule has 1 N–H and O–H groups in total. The first-order valence-corrected chi connectivity index (χ1v) is 5.92. The first-order chi connectivity index (χ1) is 9.58. The highest BCUT2D eigenvalue weighted by atomic mass is 19.1. The van der Waals surface area contributed by atoms with E-state index in [0.717, 1.165) is 0 Å². The Bertz CT molecular complexity index is 656. The standard InChI is InChI=1S/C15H13FN2O2/c1-10(2)14(19)18-12-7-5-9-17-15(12)20-13-8-4-3-6-11(13)16/h3-9H,1H2,2H3,(H,18,19). The lowest BCUT2D eigenvalue weighted by atomic mass is 10.3. The summed E-state index contributed by atoms with van der Waals surface area (Å²) in [5.41, 5.74) is 0.703. The van der Waals surface area contributed by atoms with E-state index in [4.69, 9.17) is 4.74 Å². The zero-order valence-electron chi connectivity index (χ0n) is 10.9. The quantitative estimate of drug-likeness (QED) is 0.866. The van der Waals surface area contributed by atoms with Crippen LogP contribution in [0.25, 0.3) is 0 Å². The molecule has 102 valence electrons. The third kappa shape index (κ3) is 3.20. The molecule has 0 saturated heterocycles. The molecule has 20 heavy (non-hydrogen) atoms. The Kier molecular flexibility index (Phi) is 4.10. The molecule has 0 bridgehead atoms. The van der Waals surface area contributed by atoms with Crippen LogP contribution < -0.4 is 10.1 Å². The topological polar surface area (TPSA) is 51.2 Å². The molecule has 0 aliphatic heterocycles. The summed E-state index contributed by atoms with van der Waals surface area (Å²) in [6.45, 7) is 5.13. The maximum absolute atomic E-state index is 13.5. The fourth-order valence-electron chi connectivity index (χ4n) is 1.43. The number of para-hydroxylation sites is 1. The van der Waals surface area contributed by atoms with Gasteiger partial charge in [0.2, 0.25) is 5.88 Å². The number of halogens is 1. The lowest BCUT2D eigenvalue weighted by Crippen LogP contribution is -2.12. The second-order valence-electron chi connectivity index (χ2n) is 4.12. The number of pyridine rings is 1. The minimum absolute atomic E-state index is 0.0389. The summed E-state index contributed by atoms with van der Waals surface area (Å²) in [4.78, 5) is 15.6. The molecule has 0 spiro atoms. The Morgan fingerprint density at radius 1 is 1.30 bits per heavy atom. The number of amides is 1. The van der Waals surface area contributed by atoms with Crippen molar-refractivity contribution in [3.63, 3.8) is 0 Å². The van der Waals surface area contributed by atoms with E-state index in [1.165, 1.54) is 18.3 Å². The number of hydrogen-bond acceptors (Lipinski definition) is 3. The van der Waals surface area contributed by atoms with Crippen molar-refractivity contribution in [2.75, 3.05) is 5.32 Å². The Morgan fingerprint density at radius 3 is 2.75 bits per heavy atom. The van der Waals surface area contributed by atoms with Gasteiger partial charge in [0, 0.05) is 11.8 Å². The van der Waals surface area contributed by atoms with E-state index < -0.39 is 5.82 Å². The molecular weight excluding hydrogens is 259 g/mol. The highest BCUT2D eigenvalue weighted by Gasteiger charge is 2.11. The van der Waals surface area contributed by atoms with E-state index in [0.29, 0.717) is 11.3 Å². The number of rotatable bonds is 4. The predicted molar refractivity (Wildman–Crippen MR) is 74.2 cm³/mol. The summed E-state index contributed by atoms with van der Waals surface area (Å²) in [5.74, 6) is -0.698. The van der Waals surface area contributed by atoms with Gasteiger partial charge in [-0.05, 0) is 31.2 Å². The van der Waals surface area contributed by atoms with Gasteiger partial charge in [0.1, 0.15) is 5.69 Å². The lowest BCUT2D eigenvalue weighted by molar-refractivity contribution is -0.112. The van der Waals surface area contributed by atoms with E-state index in [1.54, 1.807) is 31.2 Å². The number of carbonyl (C=O) groups excluding carboxylic acids is 1. The number of benzene rings is 1. The van der Waals surface area contributed by atoms with Crippen LogP contribution in [0.3, 0.4) is 0 Å². The molecule has 1 aromatic heterocycles. The van der Waals surface area contributed by atoms with E-state index in [1.807, 2.05) is 0 Å². The third-order valence-corrected chi connectivity index (χ3v) is 2.45. The molecule has 5 heteroatoms. The number of carbonyl (C=O) groups is 1. The molecule has 0 aliphatic carbocycles. The smallest absolute Gasteiger partial charge is 0.250 e. The van der Waals surface area contributed by atoms with Crippen LogP contribution in [-0.4, -0.2) is 10.9 Å². The minimum atomic E-state index is -0.504. The molecule has 4 nitrogen and oxygen atoms in total. The van der Waals surface area contributed by atoms with Crippen molar-refractivity contribution in [1.82, 2.24) is 4.98 Å². The molecule has 1 amide bonds. The van der Waals surface area contributed by atoms with Crippen molar-refractivity contribution in [3.8, 4) is 11.6 Å². The molecule has 0 fully saturated rings. The van der Waals surface area contributed by atoms with Gasteiger partial charge < -0.3 is 10.1 Å². The Labute approximate surface area is 115 Å². The number of nitrogens with zero attached hydrogens (tertiary/aromatic N) is 1. The molecule has 1 aromatic carbocycles. The van der Waals surface area contributed by atoms with Crippen LogP contribution in [-0.2, 0) is 4.79 Å². The van der Waals surface area contributed by atoms with Gasteiger partial charge in [0.25, 0.3) is 5.91 Å². The van der Waals surface area contributed by atoms with Crippen molar-refractivity contribution < 1.29 is 13.9 Å². The summed E-state index contributed by atoms with van der Waals surface area (Å²) in [6, 6.07) is 9.23. The Hall–Kier alpha value is -2.69. The van der Waals surface area contributed by atoms with Gasteiger partial charge in [-0.15, -0.1) is 0 Å². The fourth-order valence-corrected chi connectivity index (χ4v) is 1.43. The van der Waals surface area contributed by atoms with Gasteiger partial charge in [-0.1, -0.05) is 18.7 Å². The maximum atomic E-state index is 13.5. The first kappa shape index (κ1) is 13.7. The van der Waals surface area contributed by atoms with Crippen molar-refractivity contribution in [1.29, 1.82) is 0 Å². The Morgan fingerprint density at radius 2 is 2.05 bits per heavy atom. The number of aromatic nitrogens is 1. The summed E-state index contributed by atoms with van der Waals surface area (Å²) >= 11 is 0. The third-order valence-electron chi connectivity index (χ3n) is 2.45. The Balaban J connectivity index is 2.27. The largest absolute Gasteiger partial charge is 0.434 e. The molecule has 0 atom stereocenters. The summed E-state index contributed by atoms with van der Waals surface area (Å²) in [6.07, 6.45) is 1.49. The van der Waals surface area contributed by atoms with Crippen LogP contribution >= 0.6 is 0 Å². The maximum Gasteiger partial charge on any atom is 0.250 e. The molecule has 1 heterocycles. The van der Waals surface area contributed by atoms with Gasteiger partial charge in [-0.2, -0.15) is 0 Å². The van der Waals surface area contributed by atoms with Gasteiger partial charge >= 0.3 is 0 Å². The predicted octanol–water partition coefficient (Wildman–Crippen LogP) is 3.53. The number of ether oxygens (including phenoxy) is 1. The SMILES string of the molecule is C=C(C)C(=O)Nc1cccnc1Oc1ccccc1F. The molecule has 0 unspecified atom stereocenters. The second-order valence-corrected chi connectivity index (χ2v) is 4.12. The number of hydrogen-bond donors (Lipinski definition) is 1. The van der Waals surface area contributed by atoms with Crippen LogP contribution in [0.5, 0.6) is 11.6 Å². The van der Waals surface area contributed by atoms with Crippen LogP contribution in [0.2, 0.25) is 0 Å². The molecular formula is C15H13FN2O2. The number of anilines is 1. The van der Waals surface area contributed by atoms with Crippen molar-refractivity contribution >= 4 is 11.6 Å². The normalized spacial score (nSPS) is 9.90. The van der Waals surface area contributed by atoms with Gasteiger partial charge in [0.05, 0.1) is 0 Å². The van der Waals surface area contributed by atoms with Crippen LogP contribution in [0, 0.1) is 5.82 Å². The lowest BCUT2D eigenvalue weighted by Gasteiger charge is -2.11. The van der Waals surface area contributed by atoms with Crippen molar-refractivity contribution in [2.24, 2.45) is 0 Å². The van der Waals surface area contributed by atoms with E-state index >= 15 is 0 Å². The second kappa shape index (κ2) is 5.97. The minimum Gasteiger partial charge on any atom is -0.434 e. The molecule has 2 rings (SSSR count). The highest BCUT2D eigenvalue weighted by Crippen LogP contribution is 2.28. The van der Waals surface area contributed by atoms with E-state index in [2.05, 4.69) is 16.9 Å². The molecule has 0 radical (unpaired) electrons. The van der Waals surface area contributed by atoms with Crippen molar-refractivity contribution in [3.05, 3.63) is 60.6 Å². The van der Waals surface area contributed by atoms with Crippen LogP contribution in [0.4, 0.5) is 10.1 Å².